The van der Waals surface area contributed by atoms with E-state index < -0.39 is 0 Å². The van der Waals surface area contributed by atoms with Crippen LogP contribution in [-0.2, 0) is 0 Å². The van der Waals surface area contributed by atoms with Crippen molar-refractivity contribution in [3.05, 3.63) is 12.2 Å². The fraction of sp³-hybridized carbons (Fsp3) is 0.778. The lowest BCUT2D eigenvalue weighted by molar-refractivity contribution is 0.675. The summed E-state index contributed by atoms with van der Waals surface area (Å²) in [7, 11) is 0. The van der Waals surface area contributed by atoms with Crippen LogP contribution in [-0.4, -0.2) is 6.04 Å². The van der Waals surface area contributed by atoms with E-state index in [2.05, 4.69) is 19.1 Å². The third-order valence-electron chi connectivity index (χ3n) is 1.41. The average molecular weight is 141 g/mol. The molecule has 0 aliphatic heterocycles. The summed E-state index contributed by atoms with van der Waals surface area (Å²) in [5.74, 6) is 0. The normalized spacial score (nSPS) is 14.3. The minimum absolute atomic E-state index is 0.353. The van der Waals surface area contributed by atoms with Crippen LogP contribution in [0, 0.1) is 0 Å². The molecule has 0 rings (SSSR count). The van der Waals surface area contributed by atoms with Crippen molar-refractivity contribution in [2.45, 2.75) is 45.6 Å². The van der Waals surface area contributed by atoms with Crippen molar-refractivity contribution < 1.29 is 0 Å². The summed E-state index contributed by atoms with van der Waals surface area (Å²) < 4.78 is 0. The maximum Gasteiger partial charge on any atom is 0.00134 e. The second-order valence-electron chi connectivity index (χ2n) is 2.81. The zero-order valence-corrected chi connectivity index (χ0v) is 7.14. The van der Waals surface area contributed by atoms with Crippen molar-refractivity contribution in [2.75, 3.05) is 0 Å². The number of hydrogen-bond acceptors (Lipinski definition) is 1. The van der Waals surface area contributed by atoms with Gasteiger partial charge in [-0.15, -0.1) is 0 Å². The van der Waals surface area contributed by atoms with Gasteiger partial charge in [0.15, 0.2) is 0 Å². The van der Waals surface area contributed by atoms with E-state index in [1.165, 1.54) is 12.8 Å². The molecule has 0 spiro atoms. The van der Waals surface area contributed by atoms with Gasteiger partial charge in [0.1, 0.15) is 0 Å². The first-order valence-electron chi connectivity index (χ1n) is 4.18. The highest BCUT2D eigenvalue weighted by Gasteiger charge is 1.88. The summed E-state index contributed by atoms with van der Waals surface area (Å²) in [6.45, 7) is 4.24. The van der Waals surface area contributed by atoms with Crippen LogP contribution in [0.15, 0.2) is 12.2 Å². The molecule has 0 amide bonds. The monoisotopic (exact) mass is 141 g/mol. The van der Waals surface area contributed by atoms with Gasteiger partial charge < -0.3 is 5.73 Å². The van der Waals surface area contributed by atoms with Crippen molar-refractivity contribution in [1.82, 2.24) is 0 Å². The lowest BCUT2D eigenvalue weighted by Crippen LogP contribution is -2.13. The molecular weight excluding hydrogens is 122 g/mol. The van der Waals surface area contributed by atoms with E-state index in [1.807, 2.05) is 6.92 Å². The van der Waals surface area contributed by atoms with Gasteiger partial charge in [-0.2, -0.15) is 0 Å². The van der Waals surface area contributed by atoms with Crippen molar-refractivity contribution in [2.24, 2.45) is 5.73 Å². The highest BCUT2D eigenvalue weighted by Crippen LogP contribution is 1.96. The number of nitrogens with two attached hydrogens (primary N) is 1. The van der Waals surface area contributed by atoms with E-state index in [9.17, 15) is 0 Å². The molecular formula is C9H19N. The van der Waals surface area contributed by atoms with E-state index >= 15 is 0 Å². The predicted octanol–water partition coefficient (Wildman–Crippen LogP) is 2.47. The van der Waals surface area contributed by atoms with Crippen LogP contribution in [0.2, 0.25) is 0 Å². The Balaban J connectivity index is 3.02. The van der Waals surface area contributed by atoms with E-state index in [4.69, 9.17) is 5.73 Å². The van der Waals surface area contributed by atoms with Gasteiger partial charge in [-0.05, 0) is 26.2 Å². The molecule has 1 heteroatoms. The van der Waals surface area contributed by atoms with Gasteiger partial charge in [-0.25, -0.2) is 0 Å². The van der Waals surface area contributed by atoms with Crippen LogP contribution < -0.4 is 5.73 Å². The maximum absolute atomic E-state index is 5.57. The van der Waals surface area contributed by atoms with Gasteiger partial charge >= 0.3 is 0 Å². The molecule has 0 aliphatic carbocycles. The molecule has 0 aliphatic rings. The summed E-state index contributed by atoms with van der Waals surface area (Å²) in [4.78, 5) is 0. The standard InChI is InChI=1S/C9H19N/c1-3-4-5-6-7-8-9(2)10/h5-6,9H,3-4,7-8,10H2,1-2H3/b6-5+/t9-/m0/s1. The molecule has 0 bridgehead atoms. The quantitative estimate of drug-likeness (QED) is 0.585. The Hall–Kier alpha value is -0.300. The highest BCUT2D eigenvalue weighted by atomic mass is 14.6. The molecule has 0 fully saturated rings. The van der Waals surface area contributed by atoms with Crippen LogP contribution in [0.1, 0.15) is 39.5 Å². The van der Waals surface area contributed by atoms with E-state index in [1.54, 1.807) is 0 Å². The summed E-state index contributed by atoms with van der Waals surface area (Å²) in [5.41, 5.74) is 5.57. The second-order valence-corrected chi connectivity index (χ2v) is 2.81. The smallest absolute Gasteiger partial charge is 0.00134 e. The van der Waals surface area contributed by atoms with E-state index in [0.29, 0.717) is 6.04 Å². The van der Waals surface area contributed by atoms with Gasteiger partial charge in [0.25, 0.3) is 0 Å². The molecule has 0 radical (unpaired) electrons. The Morgan fingerprint density at radius 3 is 2.40 bits per heavy atom. The zero-order valence-electron chi connectivity index (χ0n) is 7.14. The van der Waals surface area contributed by atoms with Crippen molar-refractivity contribution >= 4 is 0 Å². The summed E-state index contributed by atoms with van der Waals surface area (Å²) in [6, 6.07) is 0.353. The Bertz CT molecular complexity index is 84.7. The van der Waals surface area contributed by atoms with Gasteiger partial charge in [-0.3, -0.25) is 0 Å². The molecule has 0 unspecified atom stereocenters. The topological polar surface area (TPSA) is 26.0 Å². The summed E-state index contributed by atoms with van der Waals surface area (Å²) in [5, 5.41) is 0. The van der Waals surface area contributed by atoms with E-state index in [-0.39, 0.29) is 0 Å². The predicted molar refractivity (Wildman–Crippen MR) is 46.9 cm³/mol. The first-order chi connectivity index (χ1) is 4.77. The highest BCUT2D eigenvalue weighted by molar-refractivity contribution is 4.81. The van der Waals surface area contributed by atoms with Crippen LogP contribution in [0.5, 0.6) is 0 Å². The lowest BCUT2D eigenvalue weighted by Gasteiger charge is -1.98. The minimum atomic E-state index is 0.353. The molecule has 0 saturated carbocycles. The molecule has 1 atom stereocenters. The lowest BCUT2D eigenvalue weighted by atomic mass is 10.2. The minimum Gasteiger partial charge on any atom is -0.328 e. The molecule has 0 aromatic rings. The van der Waals surface area contributed by atoms with Crippen LogP contribution >= 0.6 is 0 Å². The fourth-order valence-electron chi connectivity index (χ4n) is 0.761. The number of allylic oxidation sites excluding steroid dienone is 2. The van der Waals surface area contributed by atoms with Crippen LogP contribution in [0.3, 0.4) is 0 Å². The van der Waals surface area contributed by atoms with Crippen LogP contribution in [0.4, 0.5) is 0 Å². The van der Waals surface area contributed by atoms with Crippen molar-refractivity contribution in [3.8, 4) is 0 Å². The molecule has 10 heavy (non-hydrogen) atoms. The Kier molecular flexibility index (Phi) is 6.61. The Morgan fingerprint density at radius 1 is 1.30 bits per heavy atom. The summed E-state index contributed by atoms with van der Waals surface area (Å²) >= 11 is 0. The van der Waals surface area contributed by atoms with Crippen molar-refractivity contribution in [1.29, 1.82) is 0 Å². The van der Waals surface area contributed by atoms with Gasteiger partial charge in [0.2, 0.25) is 0 Å². The molecule has 0 saturated heterocycles. The zero-order chi connectivity index (χ0) is 7.82. The van der Waals surface area contributed by atoms with Gasteiger partial charge in [-0.1, -0.05) is 25.5 Å². The molecule has 0 heterocycles. The van der Waals surface area contributed by atoms with E-state index in [0.717, 1.165) is 12.8 Å². The third kappa shape index (κ3) is 7.70. The van der Waals surface area contributed by atoms with Crippen molar-refractivity contribution in [3.63, 3.8) is 0 Å². The number of hydrogen-bond donors (Lipinski definition) is 1. The number of rotatable bonds is 5. The molecule has 1 nitrogen and oxygen atoms in total. The Labute approximate surface area is 64.3 Å². The second kappa shape index (κ2) is 6.81. The molecule has 60 valence electrons. The molecule has 2 N–H and O–H groups in total. The summed E-state index contributed by atoms with van der Waals surface area (Å²) in [6.07, 6.45) is 9.17. The van der Waals surface area contributed by atoms with Crippen LogP contribution in [0.25, 0.3) is 0 Å². The number of unbranched alkanes of at least 4 members (excludes halogenated alkanes) is 1. The fourth-order valence-corrected chi connectivity index (χ4v) is 0.761. The molecule has 0 aromatic heterocycles. The average Bonchev–Trinajstić information content (AvgIpc) is 1.87. The SMILES string of the molecule is CCC/C=C/CC[C@H](C)N. The first-order valence-corrected chi connectivity index (χ1v) is 4.18. The Morgan fingerprint density at radius 2 is 1.90 bits per heavy atom. The first kappa shape index (κ1) is 9.70. The molecule has 0 aromatic carbocycles. The maximum atomic E-state index is 5.57. The third-order valence-corrected chi connectivity index (χ3v) is 1.41. The van der Waals surface area contributed by atoms with Gasteiger partial charge in [0.05, 0.1) is 0 Å². The van der Waals surface area contributed by atoms with Gasteiger partial charge in [0, 0.05) is 6.04 Å². The largest absolute Gasteiger partial charge is 0.328 e.